The van der Waals surface area contributed by atoms with Gasteiger partial charge < -0.3 is 9.64 Å². The lowest BCUT2D eigenvalue weighted by atomic mass is 10.3. The molecule has 0 aliphatic carbocycles. The average Bonchev–Trinajstić information content (AvgIpc) is 2.62. The van der Waals surface area contributed by atoms with E-state index < -0.39 is 6.09 Å². The van der Waals surface area contributed by atoms with Crippen LogP contribution in [-0.4, -0.2) is 37.0 Å². The molecule has 0 saturated carbocycles. The van der Waals surface area contributed by atoms with Gasteiger partial charge in [-0.25, -0.2) is 4.79 Å². The summed E-state index contributed by atoms with van der Waals surface area (Å²) >= 11 is 0. The van der Waals surface area contributed by atoms with Crippen LogP contribution in [0.25, 0.3) is 0 Å². The van der Waals surface area contributed by atoms with Gasteiger partial charge in [0.15, 0.2) is 0 Å². The van der Waals surface area contributed by atoms with Gasteiger partial charge in [-0.3, -0.25) is 4.79 Å². The van der Waals surface area contributed by atoms with Crippen LogP contribution in [0, 0.1) is 0 Å². The van der Waals surface area contributed by atoms with Gasteiger partial charge in [0.1, 0.15) is 12.9 Å². The third kappa shape index (κ3) is 2.43. The first-order valence-corrected chi connectivity index (χ1v) is 3.94. The van der Waals surface area contributed by atoms with Crippen molar-refractivity contribution in [2.24, 2.45) is 0 Å². The summed E-state index contributed by atoms with van der Waals surface area (Å²) in [5.74, 6) is 0. The van der Waals surface area contributed by atoms with Crippen LogP contribution < -0.4 is 0 Å². The molecule has 0 fully saturated rings. The highest BCUT2D eigenvalue weighted by Crippen LogP contribution is 2.07. The smallest absolute Gasteiger partial charge is 0.410 e. The molecular formula is C9H11NO3. The Balaban J connectivity index is 2.36. The van der Waals surface area contributed by atoms with Gasteiger partial charge in [-0.15, -0.1) is 0 Å². The number of aldehydes is 1. The summed E-state index contributed by atoms with van der Waals surface area (Å²) < 4.78 is 4.79. The number of carbonyl (C=O) groups is 2. The topological polar surface area (TPSA) is 46.6 Å². The monoisotopic (exact) mass is 181 g/mol. The molecular weight excluding hydrogens is 170 g/mol. The van der Waals surface area contributed by atoms with Crippen LogP contribution in [0.15, 0.2) is 24.3 Å². The Kier molecular flexibility index (Phi) is 3.25. The quantitative estimate of drug-likeness (QED) is 0.476. The first kappa shape index (κ1) is 9.51. The molecule has 0 N–H and O–H groups in total. The Hall–Kier alpha value is -1.58. The normalized spacial score (nSPS) is 15.1. The summed E-state index contributed by atoms with van der Waals surface area (Å²) in [6.45, 7) is 4.42. The third-order valence-corrected chi connectivity index (χ3v) is 1.68. The van der Waals surface area contributed by atoms with Crippen molar-refractivity contribution < 1.29 is 14.3 Å². The van der Waals surface area contributed by atoms with Gasteiger partial charge in [-0.2, -0.15) is 0 Å². The number of nitrogens with zero attached hydrogens (tertiary/aromatic N) is 1. The van der Waals surface area contributed by atoms with E-state index in [1.165, 1.54) is 11.0 Å². The van der Waals surface area contributed by atoms with Gasteiger partial charge in [0, 0.05) is 12.1 Å². The van der Waals surface area contributed by atoms with Crippen molar-refractivity contribution in [3.63, 3.8) is 0 Å². The molecule has 4 nitrogen and oxygen atoms in total. The molecule has 1 aliphatic rings. The maximum atomic E-state index is 11.2. The summed E-state index contributed by atoms with van der Waals surface area (Å²) in [5, 5.41) is 0. The standard InChI is InChI=1S/C9H11NO3/c1-2-5-13-9(12)10-4-3-8(6-10)7-11/h2-3,7H,1,4-6H2. The number of hydrogen-bond acceptors (Lipinski definition) is 3. The molecule has 1 amide bonds. The molecule has 4 heteroatoms. The Morgan fingerprint density at radius 3 is 3.08 bits per heavy atom. The molecule has 0 radical (unpaired) electrons. The van der Waals surface area contributed by atoms with Gasteiger partial charge in [0.2, 0.25) is 0 Å². The second-order valence-corrected chi connectivity index (χ2v) is 2.64. The van der Waals surface area contributed by atoms with E-state index in [1.54, 1.807) is 6.08 Å². The Labute approximate surface area is 76.5 Å². The molecule has 1 heterocycles. The summed E-state index contributed by atoms with van der Waals surface area (Å²) in [5.41, 5.74) is 0.621. The van der Waals surface area contributed by atoms with Crippen molar-refractivity contribution >= 4 is 12.4 Å². The summed E-state index contributed by atoms with van der Waals surface area (Å²) in [4.78, 5) is 23.0. The summed E-state index contributed by atoms with van der Waals surface area (Å²) in [6, 6.07) is 0. The molecule has 1 aliphatic heterocycles. The van der Waals surface area contributed by atoms with Crippen molar-refractivity contribution in [3.05, 3.63) is 24.3 Å². The number of ether oxygens (including phenoxy) is 1. The van der Waals surface area contributed by atoms with E-state index in [2.05, 4.69) is 6.58 Å². The highest BCUT2D eigenvalue weighted by atomic mass is 16.6. The van der Waals surface area contributed by atoms with Gasteiger partial charge in [0.25, 0.3) is 0 Å². The highest BCUT2D eigenvalue weighted by molar-refractivity contribution is 5.78. The minimum Gasteiger partial charge on any atom is -0.445 e. The maximum Gasteiger partial charge on any atom is 0.410 e. The van der Waals surface area contributed by atoms with E-state index in [1.807, 2.05) is 0 Å². The Bertz CT molecular complexity index is 258. The molecule has 0 aromatic rings. The van der Waals surface area contributed by atoms with Crippen molar-refractivity contribution in [2.45, 2.75) is 0 Å². The minimum atomic E-state index is -0.409. The number of rotatable bonds is 3. The number of hydrogen-bond donors (Lipinski definition) is 0. The molecule has 13 heavy (non-hydrogen) atoms. The zero-order valence-electron chi connectivity index (χ0n) is 7.23. The molecule has 0 saturated heterocycles. The molecule has 1 rings (SSSR count). The van der Waals surface area contributed by atoms with Crippen LogP contribution in [0.4, 0.5) is 4.79 Å². The molecule has 0 spiro atoms. The van der Waals surface area contributed by atoms with E-state index in [0.29, 0.717) is 18.7 Å². The molecule has 0 atom stereocenters. The van der Waals surface area contributed by atoms with Crippen molar-refractivity contribution in [3.8, 4) is 0 Å². The molecule has 70 valence electrons. The first-order valence-electron chi connectivity index (χ1n) is 3.94. The van der Waals surface area contributed by atoms with E-state index in [9.17, 15) is 9.59 Å². The minimum absolute atomic E-state index is 0.200. The first-order chi connectivity index (χ1) is 6.27. The maximum absolute atomic E-state index is 11.2. The van der Waals surface area contributed by atoms with Crippen molar-refractivity contribution in [1.29, 1.82) is 0 Å². The third-order valence-electron chi connectivity index (χ3n) is 1.68. The van der Waals surface area contributed by atoms with Crippen LogP contribution in [0.2, 0.25) is 0 Å². The zero-order valence-corrected chi connectivity index (χ0v) is 7.23. The number of amides is 1. The zero-order chi connectivity index (χ0) is 9.68. The second-order valence-electron chi connectivity index (χ2n) is 2.64. The van der Waals surface area contributed by atoms with Gasteiger partial charge in [0.05, 0.1) is 6.54 Å². The fourth-order valence-electron chi connectivity index (χ4n) is 1.02. The summed E-state index contributed by atoms with van der Waals surface area (Å²) in [7, 11) is 0. The Morgan fingerprint density at radius 2 is 2.54 bits per heavy atom. The second kappa shape index (κ2) is 4.45. The van der Waals surface area contributed by atoms with Crippen molar-refractivity contribution in [2.75, 3.05) is 19.7 Å². The van der Waals surface area contributed by atoms with Crippen LogP contribution in [-0.2, 0) is 9.53 Å². The predicted molar refractivity (Wildman–Crippen MR) is 47.3 cm³/mol. The van der Waals surface area contributed by atoms with Crippen LogP contribution >= 0.6 is 0 Å². The van der Waals surface area contributed by atoms with E-state index >= 15 is 0 Å². The van der Waals surface area contributed by atoms with Gasteiger partial charge >= 0.3 is 6.09 Å². The van der Waals surface area contributed by atoms with E-state index in [-0.39, 0.29) is 6.61 Å². The molecule has 0 aromatic carbocycles. The van der Waals surface area contributed by atoms with Crippen LogP contribution in [0.3, 0.4) is 0 Å². The Morgan fingerprint density at radius 1 is 1.77 bits per heavy atom. The fraction of sp³-hybridized carbons (Fsp3) is 0.333. The lowest BCUT2D eigenvalue weighted by Crippen LogP contribution is -2.29. The molecule has 0 aromatic heterocycles. The van der Waals surface area contributed by atoms with Gasteiger partial charge in [-0.05, 0) is 0 Å². The van der Waals surface area contributed by atoms with E-state index in [0.717, 1.165) is 6.29 Å². The van der Waals surface area contributed by atoms with Crippen LogP contribution in [0.5, 0.6) is 0 Å². The fourth-order valence-corrected chi connectivity index (χ4v) is 1.02. The average molecular weight is 181 g/mol. The predicted octanol–water partition coefficient (Wildman–Crippen LogP) is 0.750. The van der Waals surface area contributed by atoms with E-state index in [4.69, 9.17) is 4.74 Å². The highest BCUT2D eigenvalue weighted by Gasteiger charge is 2.19. The number of carbonyl (C=O) groups excluding carboxylic acids is 2. The van der Waals surface area contributed by atoms with Crippen LogP contribution in [0.1, 0.15) is 0 Å². The van der Waals surface area contributed by atoms with Gasteiger partial charge in [-0.1, -0.05) is 18.7 Å². The summed E-state index contributed by atoms with van der Waals surface area (Å²) in [6.07, 6.45) is 3.55. The molecule has 0 bridgehead atoms. The lowest BCUT2D eigenvalue weighted by molar-refractivity contribution is -0.105. The SMILES string of the molecule is C=CCOC(=O)N1CC=C(C=O)C1. The lowest BCUT2D eigenvalue weighted by Gasteiger charge is -2.14. The van der Waals surface area contributed by atoms with Crippen molar-refractivity contribution in [1.82, 2.24) is 4.90 Å². The largest absolute Gasteiger partial charge is 0.445 e. The molecule has 0 unspecified atom stereocenters.